The molecule has 1 aromatic carbocycles. The van der Waals surface area contributed by atoms with Gasteiger partial charge in [-0.05, 0) is 19.1 Å². The molecule has 0 saturated heterocycles. The SMILES string of the molecule is CCOC(=O)c1cc(Nc2ccccc2Cl)n2ncc(S(=O)(=O)NCCOC)c2n1. The monoisotopic (exact) mass is 453 g/mol. The molecule has 0 saturated carbocycles. The number of para-hydroxylation sites is 1. The molecule has 2 N–H and O–H groups in total. The first-order valence-corrected chi connectivity index (χ1v) is 10.8. The van der Waals surface area contributed by atoms with Crippen molar-refractivity contribution in [1.29, 1.82) is 0 Å². The predicted molar refractivity (Wildman–Crippen MR) is 111 cm³/mol. The number of fused-ring (bicyclic) bond motifs is 1. The van der Waals surface area contributed by atoms with Gasteiger partial charge in [0.1, 0.15) is 10.7 Å². The zero-order chi connectivity index (χ0) is 21.7. The standard InChI is InChI=1S/C18H20ClN5O5S/c1-3-29-18(25)14-10-16(22-13-7-5-4-6-12(13)19)24-17(23-14)15(11-20-24)30(26,27)21-8-9-28-2/h4-7,10-11,21-22H,3,8-9H2,1-2H3. The summed E-state index contributed by atoms with van der Waals surface area (Å²) in [6.45, 7) is 2.06. The van der Waals surface area contributed by atoms with Crippen LogP contribution >= 0.6 is 11.6 Å². The Kier molecular flexibility index (Phi) is 6.87. The van der Waals surface area contributed by atoms with Crippen LogP contribution < -0.4 is 10.0 Å². The van der Waals surface area contributed by atoms with E-state index in [-0.39, 0.29) is 41.8 Å². The van der Waals surface area contributed by atoms with E-state index in [0.717, 1.165) is 6.20 Å². The van der Waals surface area contributed by atoms with E-state index >= 15 is 0 Å². The molecule has 2 aromatic heterocycles. The highest BCUT2D eigenvalue weighted by Gasteiger charge is 2.24. The molecule has 0 radical (unpaired) electrons. The highest BCUT2D eigenvalue weighted by atomic mass is 35.5. The number of aromatic nitrogens is 3. The average molecular weight is 454 g/mol. The quantitative estimate of drug-likeness (QED) is 0.373. The Hall–Kier alpha value is -2.73. The number of esters is 1. The van der Waals surface area contributed by atoms with Crippen molar-refractivity contribution in [3.05, 3.63) is 47.2 Å². The third-order valence-electron chi connectivity index (χ3n) is 3.95. The lowest BCUT2D eigenvalue weighted by Gasteiger charge is -2.12. The fraction of sp³-hybridized carbons (Fsp3) is 0.278. The van der Waals surface area contributed by atoms with E-state index in [2.05, 4.69) is 20.1 Å². The molecule has 0 atom stereocenters. The smallest absolute Gasteiger partial charge is 0.357 e. The molecule has 0 aliphatic heterocycles. The number of benzene rings is 1. The van der Waals surface area contributed by atoms with Crippen molar-refractivity contribution in [3.8, 4) is 0 Å². The Morgan fingerprint density at radius 1 is 1.30 bits per heavy atom. The van der Waals surface area contributed by atoms with Crippen LogP contribution in [0.5, 0.6) is 0 Å². The first-order chi connectivity index (χ1) is 14.4. The summed E-state index contributed by atoms with van der Waals surface area (Å²) in [4.78, 5) is 16.3. The first kappa shape index (κ1) is 22.0. The normalized spacial score (nSPS) is 11.6. The van der Waals surface area contributed by atoms with Gasteiger partial charge in [-0.15, -0.1) is 0 Å². The molecule has 0 amide bonds. The Bertz CT molecular complexity index is 1160. The van der Waals surface area contributed by atoms with Gasteiger partial charge in [0.2, 0.25) is 10.0 Å². The molecule has 0 aliphatic rings. The van der Waals surface area contributed by atoms with Crippen molar-refractivity contribution in [1.82, 2.24) is 19.3 Å². The molecule has 0 aliphatic carbocycles. The maximum atomic E-state index is 12.7. The number of nitrogens with zero attached hydrogens (tertiary/aromatic N) is 3. The van der Waals surface area contributed by atoms with E-state index in [4.69, 9.17) is 21.1 Å². The number of carbonyl (C=O) groups excluding carboxylic acids is 1. The van der Waals surface area contributed by atoms with Gasteiger partial charge < -0.3 is 14.8 Å². The van der Waals surface area contributed by atoms with E-state index in [0.29, 0.717) is 10.7 Å². The highest BCUT2D eigenvalue weighted by Crippen LogP contribution is 2.27. The van der Waals surface area contributed by atoms with Gasteiger partial charge in [0.15, 0.2) is 11.3 Å². The van der Waals surface area contributed by atoms with Crippen LogP contribution in [-0.4, -0.2) is 55.9 Å². The second-order valence-electron chi connectivity index (χ2n) is 5.99. The zero-order valence-corrected chi connectivity index (χ0v) is 17.8. The molecule has 30 heavy (non-hydrogen) atoms. The molecule has 3 aromatic rings. The minimum absolute atomic E-state index is 0.0416. The number of hydrogen-bond donors (Lipinski definition) is 2. The predicted octanol–water partition coefficient (Wildman–Crippen LogP) is 2.23. The minimum Gasteiger partial charge on any atom is -0.461 e. The number of sulfonamides is 1. The molecule has 12 heteroatoms. The minimum atomic E-state index is -3.95. The lowest BCUT2D eigenvalue weighted by atomic mass is 10.3. The lowest BCUT2D eigenvalue weighted by Crippen LogP contribution is -2.27. The highest BCUT2D eigenvalue weighted by molar-refractivity contribution is 7.89. The summed E-state index contributed by atoms with van der Waals surface area (Å²) in [6.07, 6.45) is 1.16. The average Bonchev–Trinajstić information content (AvgIpc) is 3.15. The summed E-state index contributed by atoms with van der Waals surface area (Å²) in [5.74, 6) is -0.409. The Balaban J connectivity index is 2.12. The van der Waals surface area contributed by atoms with Gasteiger partial charge in [-0.25, -0.2) is 22.9 Å². The molecule has 2 heterocycles. The summed E-state index contributed by atoms with van der Waals surface area (Å²) < 4.78 is 39.0. The van der Waals surface area contributed by atoms with Gasteiger partial charge in [-0.2, -0.15) is 9.61 Å². The fourth-order valence-electron chi connectivity index (χ4n) is 2.59. The van der Waals surface area contributed by atoms with Gasteiger partial charge in [0, 0.05) is 19.7 Å². The van der Waals surface area contributed by atoms with Crippen molar-refractivity contribution >= 4 is 44.7 Å². The molecular weight excluding hydrogens is 434 g/mol. The molecule has 0 bridgehead atoms. The van der Waals surface area contributed by atoms with Crippen molar-refractivity contribution < 1.29 is 22.7 Å². The van der Waals surface area contributed by atoms with E-state index in [1.54, 1.807) is 31.2 Å². The summed E-state index contributed by atoms with van der Waals surface area (Å²) in [5.41, 5.74) is 0.423. The van der Waals surface area contributed by atoms with Gasteiger partial charge >= 0.3 is 5.97 Å². The number of anilines is 2. The fourth-order valence-corrected chi connectivity index (χ4v) is 3.84. The summed E-state index contributed by atoms with van der Waals surface area (Å²) in [5, 5.41) is 7.62. The third kappa shape index (κ3) is 4.70. The van der Waals surface area contributed by atoms with Crippen molar-refractivity contribution in [3.63, 3.8) is 0 Å². The zero-order valence-electron chi connectivity index (χ0n) is 16.3. The molecule has 10 nitrogen and oxygen atoms in total. The Morgan fingerprint density at radius 2 is 2.07 bits per heavy atom. The van der Waals surface area contributed by atoms with E-state index in [1.165, 1.54) is 17.7 Å². The maximum Gasteiger partial charge on any atom is 0.357 e. The van der Waals surface area contributed by atoms with Crippen LogP contribution in [0.15, 0.2) is 41.4 Å². The van der Waals surface area contributed by atoms with E-state index in [1.807, 2.05) is 0 Å². The van der Waals surface area contributed by atoms with Crippen LogP contribution in [0.2, 0.25) is 5.02 Å². The number of halogens is 1. The molecule has 0 unspecified atom stereocenters. The lowest BCUT2D eigenvalue weighted by molar-refractivity contribution is 0.0519. The van der Waals surface area contributed by atoms with Crippen LogP contribution in [-0.2, 0) is 19.5 Å². The maximum absolute atomic E-state index is 12.7. The van der Waals surface area contributed by atoms with Gasteiger partial charge in [0.25, 0.3) is 0 Å². The second kappa shape index (κ2) is 9.39. The van der Waals surface area contributed by atoms with Crippen LogP contribution in [0.4, 0.5) is 11.5 Å². The third-order valence-corrected chi connectivity index (χ3v) is 5.73. The van der Waals surface area contributed by atoms with Crippen molar-refractivity contribution in [2.24, 2.45) is 0 Å². The van der Waals surface area contributed by atoms with Gasteiger partial charge in [-0.1, -0.05) is 23.7 Å². The number of nitrogens with one attached hydrogen (secondary N) is 2. The summed E-state index contributed by atoms with van der Waals surface area (Å²) in [7, 11) is -2.49. The van der Waals surface area contributed by atoms with Crippen LogP contribution in [0, 0.1) is 0 Å². The first-order valence-electron chi connectivity index (χ1n) is 8.93. The molecule has 0 spiro atoms. The Labute approximate surface area is 178 Å². The largest absolute Gasteiger partial charge is 0.461 e. The topological polar surface area (TPSA) is 124 Å². The molecular formula is C18H20ClN5O5S. The molecule has 160 valence electrons. The number of ether oxygens (including phenoxy) is 2. The molecule has 3 rings (SSSR count). The number of hydrogen-bond acceptors (Lipinski definition) is 8. The number of carbonyl (C=O) groups is 1. The number of rotatable bonds is 9. The number of methoxy groups -OCH3 is 1. The summed E-state index contributed by atoms with van der Waals surface area (Å²) in [6, 6.07) is 8.37. The van der Waals surface area contributed by atoms with E-state index in [9.17, 15) is 13.2 Å². The second-order valence-corrected chi connectivity index (χ2v) is 8.13. The van der Waals surface area contributed by atoms with E-state index < -0.39 is 16.0 Å². The van der Waals surface area contributed by atoms with Crippen molar-refractivity contribution in [2.45, 2.75) is 11.8 Å². The van der Waals surface area contributed by atoms with Crippen molar-refractivity contribution in [2.75, 3.05) is 32.2 Å². The van der Waals surface area contributed by atoms with Crippen LogP contribution in [0.25, 0.3) is 5.65 Å². The van der Waals surface area contributed by atoms with Gasteiger partial charge in [-0.3, -0.25) is 0 Å². The van der Waals surface area contributed by atoms with Crippen LogP contribution in [0.3, 0.4) is 0 Å². The molecule has 0 fully saturated rings. The van der Waals surface area contributed by atoms with Gasteiger partial charge in [0.05, 0.1) is 30.1 Å². The Morgan fingerprint density at radius 3 is 2.77 bits per heavy atom. The summed E-state index contributed by atoms with van der Waals surface area (Å²) >= 11 is 6.21. The van der Waals surface area contributed by atoms with Crippen LogP contribution in [0.1, 0.15) is 17.4 Å².